The summed E-state index contributed by atoms with van der Waals surface area (Å²) in [5.41, 5.74) is 10.1. The van der Waals surface area contributed by atoms with Crippen LogP contribution in [-0.2, 0) is 6.42 Å². The molecule has 0 amide bonds. The molecule has 0 N–H and O–H groups in total. The summed E-state index contributed by atoms with van der Waals surface area (Å²) < 4.78 is 0. The highest BCUT2D eigenvalue weighted by molar-refractivity contribution is 5.75. The van der Waals surface area contributed by atoms with Crippen LogP contribution in [0, 0.1) is 27.7 Å². The molecule has 0 spiro atoms. The van der Waals surface area contributed by atoms with Gasteiger partial charge >= 0.3 is 0 Å². The van der Waals surface area contributed by atoms with Crippen molar-refractivity contribution in [2.24, 2.45) is 0 Å². The number of aryl methyl sites for hydroxylation is 3. The minimum atomic E-state index is 1.01. The van der Waals surface area contributed by atoms with Crippen LogP contribution in [0.25, 0.3) is 11.3 Å². The zero-order chi connectivity index (χ0) is 12.2. The molecule has 2 heteroatoms. The van der Waals surface area contributed by atoms with Crippen LogP contribution in [-0.4, -0.2) is 10.2 Å². The topological polar surface area (TPSA) is 25.8 Å². The Morgan fingerprint density at radius 2 is 1.65 bits per heavy atom. The zero-order valence-corrected chi connectivity index (χ0v) is 10.8. The molecule has 0 aliphatic heterocycles. The van der Waals surface area contributed by atoms with Gasteiger partial charge in [-0.3, -0.25) is 0 Å². The second kappa shape index (κ2) is 3.39. The molecule has 17 heavy (non-hydrogen) atoms. The Morgan fingerprint density at radius 1 is 0.941 bits per heavy atom. The van der Waals surface area contributed by atoms with E-state index < -0.39 is 0 Å². The van der Waals surface area contributed by atoms with Gasteiger partial charge in [-0.2, -0.15) is 5.10 Å². The Labute approximate surface area is 102 Å². The van der Waals surface area contributed by atoms with E-state index in [1.54, 1.807) is 0 Å². The summed E-state index contributed by atoms with van der Waals surface area (Å²) >= 11 is 0. The van der Waals surface area contributed by atoms with Crippen LogP contribution in [0.3, 0.4) is 0 Å². The summed E-state index contributed by atoms with van der Waals surface area (Å²) in [6.45, 7) is 8.50. The molecule has 0 saturated heterocycles. The van der Waals surface area contributed by atoms with Crippen molar-refractivity contribution in [2.75, 3.05) is 0 Å². The maximum absolute atomic E-state index is 4.38. The number of benzene rings is 1. The van der Waals surface area contributed by atoms with Crippen molar-refractivity contribution in [3.8, 4) is 11.3 Å². The van der Waals surface area contributed by atoms with Crippen LogP contribution in [0.1, 0.15) is 33.5 Å². The van der Waals surface area contributed by atoms with Gasteiger partial charge in [0.15, 0.2) is 0 Å². The van der Waals surface area contributed by atoms with Crippen molar-refractivity contribution in [2.45, 2.75) is 34.1 Å². The van der Waals surface area contributed by atoms with Gasteiger partial charge in [0.25, 0.3) is 0 Å². The number of hydrogen-bond acceptors (Lipinski definition) is 2. The normalized spacial score (nSPS) is 12.5. The summed E-state index contributed by atoms with van der Waals surface area (Å²) in [4.78, 5) is 0. The molecule has 1 aromatic heterocycles. The van der Waals surface area contributed by atoms with E-state index in [1.165, 1.54) is 33.4 Å². The minimum absolute atomic E-state index is 1.01. The first kappa shape index (κ1) is 10.5. The Balaban J connectivity index is 2.29. The van der Waals surface area contributed by atoms with E-state index in [0.717, 1.165) is 17.8 Å². The lowest BCUT2D eigenvalue weighted by molar-refractivity contribution is 0.952. The number of rotatable bonds is 0. The third kappa shape index (κ3) is 1.40. The zero-order valence-electron chi connectivity index (χ0n) is 10.8. The molecule has 1 aliphatic carbocycles. The highest BCUT2D eigenvalue weighted by Gasteiger charge is 2.23. The predicted molar refractivity (Wildman–Crippen MR) is 69.2 cm³/mol. The second-order valence-electron chi connectivity index (χ2n) is 5.01. The Morgan fingerprint density at radius 3 is 2.41 bits per heavy atom. The van der Waals surface area contributed by atoms with E-state index in [0.29, 0.717) is 0 Å². The van der Waals surface area contributed by atoms with Crippen LogP contribution < -0.4 is 0 Å². The van der Waals surface area contributed by atoms with E-state index >= 15 is 0 Å². The van der Waals surface area contributed by atoms with Crippen molar-refractivity contribution >= 4 is 0 Å². The summed E-state index contributed by atoms with van der Waals surface area (Å²) in [6.07, 6.45) is 1.01. The summed E-state index contributed by atoms with van der Waals surface area (Å²) in [5.74, 6) is 0. The summed E-state index contributed by atoms with van der Waals surface area (Å²) in [5, 5.41) is 8.63. The highest BCUT2D eigenvalue weighted by atomic mass is 15.1. The molecule has 0 bridgehead atoms. The molecular formula is C15H16N2. The van der Waals surface area contributed by atoms with Crippen molar-refractivity contribution in [3.05, 3.63) is 45.6 Å². The number of nitrogens with zero attached hydrogens (tertiary/aromatic N) is 2. The van der Waals surface area contributed by atoms with Crippen LogP contribution >= 0.6 is 0 Å². The monoisotopic (exact) mass is 224 g/mol. The lowest BCUT2D eigenvalue weighted by Crippen LogP contribution is -1.97. The average Bonchev–Trinajstić information content (AvgIpc) is 2.63. The molecule has 0 fully saturated rings. The van der Waals surface area contributed by atoms with E-state index in [1.807, 2.05) is 6.92 Å². The van der Waals surface area contributed by atoms with Gasteiger partial charge in [0, 0.05) is 12.0 Å². The average molecular weight is 224 g/mol. The fourth-order valence-electron chi connectivity index (χ4n) is 2.52. The molecule has 3 rings (SSSR count). The first-order valence-electron chi connectivity index (χ1n) is 6.01. The van der Waals surface area contributed by atoms with E-state index in [4.69, 9.17) is 0 Å². The molecule has 0 radical (unpaired) electrons. The lowest BCUT2D eigenvalue weighted by Gasteiger charge is -2.05. The van der Waals surface area contributed by atoms with Gasteiger partial charge in [-0.25, -0.2) is 0 Å². The van der Waals surface area contributed by atoms with Gasteiger partial charge in [-0.15, -0.1) is 5.10 Å². The third-order valence-corrected chi connectivity index (χ3v) is 3.92. The summed E-state index contributed by atoms with van der Waals surface area (Å²) in [6, 6.07) is 4.54. The van der Waals surface area contributed by atoms with Crippen molar-refractivity contribution < 1.29 is 0 Å². The number of aromatic nitrogens is 2. The molecule has 86 valence electrons. The molecule has 0 atom stereocenters. The maximum Gasteiger partial charge on any atom is 0.0970 e. The van der Waals surface area contributed by atoms with Crippen LogP contribution in [0.2, 0.25) is 0 Å². The fraction of sp³-hybridized carbons (Fsp3) is 0.333. The fourth-order valence-corrected chi connectivity index (χ4v) is 2.52. The molecular weight excluding hydrogens is 208 g/mol. The first-order valence-corrected chi connectivity index (χ1v) is 6.01. The number of fused-ring (bicyclic) bond motifs is 3. The summed E-state index contributed by atoms with van der Waals surface area (Å²) in [7, 11) is 0. The van der Waals surface area contributed by atoms with Gasteiger partial charge in [-0.05, 0) is 61.6 Å². The second-order valence-corrected chi connectivity index (χ2v) is 5.01. The van der Waals surface area contributed by atoms with E-state index in [2.05, 4.69) is 43.1 Å². The largest absolute Gasteiger partial charge is 0.155 e. The predicted octanol–water partition coefficient (Wildman–Crippen LogP) is 3.28. The van der Waals surface area contributed by atoms with Gasteiger partial charge in [0.05, 0.1) is 11.4 Å². The SMILES string of the molecule is Cc1cc2c(cc1C)-c1nnc(C)c(C)c1C2. The van der Waals surface area contributed by atoms with Crippen molar-refractivity contribution in [1.29, 1.82) is 0 Å². The van der Waals surface area contributed by atoms with Crippen LogP contribution in [0.15, 0.2) is 12.1 Å². The van der Waals surface area contributed by atoms with Gasteiger partial charge < -0.3 is 0 Å². The number of hydrogen-bond donors (Lipinski definition) is 0. The smallest absolute Gasteiger partial charge is 0.0970 e. The Kier molecular flexibility index (Phi) is 2.09. The van der Waals surface area contributed by atoms with E-state index in [-0.39, 0.29) is 0 Å². The Hall–Kier alpha value is -1.70. The molecule has 1 aliphatic rings. The molecule has 1 heterocycles. The standard InChI is InChI=1S/C15H16N2/c1-8-5-12-7-13-10(3)11(4)16-17-15(13)14(12)6-9(8)2/h5-6H,7H2,1-4H3. The molecule has 1 aromatic carbocycles. The third-order valence-electron chi connectivity index (χ3n) is 3.92. The molecule has 0 unspecified atom stereocenters. The van der Waals surface area contributed by atoms with E-state index in [9.17, 15) is 0 Å². The highest BCUT2D eigenvalue weighted by Crippen LogP contribution is 2.38. The van der Waals surface area contributed by atoms with Crippen LogP contribution in [0.5, 0.6) is 0 Å². The molecule has 2 aromatic rings. The lowest BCUT2D eigenvalue weighted by atomic mass is 10.0. The first-order chi connectivity index (χ1) is 8.08. The van der Waals surface area contributed by atoms with Gasteiger partial charge in [0.2, 0.25) is 0 Å². The van der Waals surface area contributed by atoms with Crippen molar-refractivity contribution in [3.63, 3.8) is 0 Å². The Bertz CT molecular complexity index is 627. The molecule has 0 saturated carbocycles. The van der Waals surface area contributed by atoms with Gasteiger partial charge in [0.1, 0.15) is 0 Å². The molecule has 2 nitrogen and oxygen atoms in total. The van der Waals surface area contributed by atoms with Crippen molar-refractivity contribution in [1.82, 2.24) is 10.2 Å². The van der Waals surface area contributed by atoms with Crippen LogP contribution in [0.4, 0.5) is 0 Å². The van der Waals surface area contributed by atoms with Gasteiger partial charge in [-0.1, -0.05) is 6.07 Å². The minimum Gasteiger partial charge on any atom is -0.155 e. The maximum atomic E-state index is 4.38. The quantitative estimate of drug-likeness (QED) is 0.585.